The average molecular weight is 239 g/mol. The van der Waals surface area contributed by atoms with Crippen LogP contribution >= 0.6 is 11.8 Å². The minimum Gasteiger partial charge on any atom is -0.398 e. The molecule has 1 aromatic carbocycles. The van der Waals surface area contributed by atoms with Crippen molar-refractivity contribution in [3.63, 3.8) is 0 Å². The van der Waals surface area contributed by atoms with Gasteiger partial charge in [-0.15, -0.1) is 11.8 Å². The molecule has 0 aliphatic rings. The van der Waals surface area contributed by atoms with Crippen molar-refractivity contribution in [1.29, 1.82) is 0 Å². The Bertz CT molecular complexity index is 344. The first-order valence-corrected chi connectivity index (χ1v) is 6.50. The summed E-state index contributed by atoms with van der Waals surface area (Å²) >= 11 is 1.75. The van der Waals surface area contributed by atoms with Crippen LogP contribution in [0.1, 0.15) is 26.3 Å². The van der Waals surface area contributed by atoms with Crippen LogP contribution in [0.5, 0.6) is 0 Å². The Balaban J connectivity index is 2.41. The van der Waals surface area contributed by atoms with E-state index in [9.17, 15) is 0 Å². The Morgan fingerprint density at radius 2 is 2.00 bits per heavy atom. The third-order valence-corrected chi connectivity index (χ3v) is 3.20. The molecule has 0 aliphatic heterocycles. The molecule has 0 saturated heterocycles. The van der Waals surface area contributed by atoms with Crippen molar-refractivity contribution in [1.82, 2.24) is 0 Å². The van der Waals surface area contributed by atoms with Crippen LogP contribution in [0.3, 0.4) is 0 Å². The molecule has 3 heteroatoms. The Morgan fingerprint density at radius 3 is 2.62 bits per heavy atom. The van der Waals surface area contributed by atoms with Crippen LogP contribution in [0.15, 0.2) is 23.1 Å². The van der Waals surface area contributed by atoms with Crippen molar-refractivity contribution in [3.05, 3.63) is 23.8 Å². The second kappa shape index (κ2) is 5.60. The van der Waals surface area contributed by atoms with Gasteiger partial charge in [0.15, 0.2) is 0 Å². The molecule has 2 nitrogen and oxygen atoms in total. The fourth-order valence-electron chi connectivity index (χ4n) is 1.28. The van der Waals surface area contributed by atoms with E-state index < -0.39 is 0 Å². The van der Waals surface area contributed by atoms with Gasteiger partial charge in [0.25, 0.3) is 0 Å². The van der Waals surface area contributed by atoms with Gasteiger partial charge in [0.2, 0.25) is 0 Å². The van der Waals surface area contributed by atoms with Gasteiger partial charge in [0.05, 0.1) is 12.2 Å². The normalized spacial score (nSPS) is 11.8. The van der Waals surface area contributed by atoms with Crippen molar-refractivity contribution in [2.24, 2.45) is 0 Å². The van der Waals surface area contributed by atoms with Crippen LogP contribution in [0.2, 0.25) is 0 Å². The molecule has 0 aliphatic carbocycles. The number of thioether (sulfide) groups is 1. The molecule has 0 aromatic heterocycles. The molecular weight excluding hydrogens is 218 g/mol. The molecular formula is C13H21NOS. The van der Waals surface area contributed by atoms with Crippen LogP contribution in [0, 0.1) is 6.92 Å². The van der Waals surface area contributed by atoms with Gasteiger partial charge < -0.3 is 10.5 Å². The highest BCUT2D eigenvalue weighted by molar-refractivity contribution is 7.99. The molecule has 0 bridgehead atoms. The molecule has 0 spiro atoms. The number of aryl methyl sites for hydroxylation is 1. The van der Waals surface area contributed by atoms with E-state index in [0.717, 1.165) is 28.5 Å². The molecule has 0 radical (unpaired) electrons. The number of anilines is 1. The summed E-state index contributed by atoms with van der Waals surface area (Å²) in [4.78, 5) is 1.15. The second-order valence-corrected chi connectivity index (χ2v) is 5.93. The minimum absolute atomic E-state index is 0.0568. The summed E-state index contributed by atoms with van der Waals surface area (Å²) in [6, 6.07) is 6.13. The maximum absolute atomic E-state index is 5.99. The zero-order chi connectivity index (χ0) is 12.2. The van der Waals surface area contributed by atoms with Gasteiger partial charge in [0, 0.05) is 16.3 Å². The summed E-state index contributed by atoms with van der Waals surface area (Å²) in [5.41, 5.74) is 7.96. The Hall–Kier alpha value is -0.670. The first-order chi connectivity index (χ1) is 7.40. The lowest BCUT2D eigenvalue weighted by molar-refractivity contribution is 0.00695. The molecule has 16 heavy (non-hydrogen) atoms. The molecule has 0 unspecified atom stereocenters. The van der Waals surface area contributed by atoms with E-state index in [0.29, 0.717) is 0 Å². The minimum atomic E-state index is -0.0568. The SMILES string of the molecule is Cc1cccc(SCCOC(C)(C)C)c1N. The van der Waals surface area contributed by atoms with Gasteiger partial charge in [-0.1, -0.05) is 12.1 Å². The molecule has 0 atom stereocenters. The number of para-hydroxylation sites is 1. The van der Waals surface area contributed by atoms with Crippen molar-refractivity contribution in [2.75, 3.05) is 18.1 Å². The summed E-state index contributed by atoms with van der Waals surface area (Å²) < 4.78 is 5.66. The van der Waals surface area contributed by atoms with E-state index >= 15 is 0 Å². The third kappa shape index (κ3) is 4.45. The molecule has 0 fully saturated rings. The van der Waals surface area contributed by atoms with Gasteiger partial charge in [0.1, 0.15) is 0 Å². The number of nitrogen functional groups attached to an aromatic ring is 1. The van der Waals surface area contributed by atoms with Crippen LogP contribution in [0.4, 0.5) is 5.69 Å². The molecule has 0 amide bonds. The molecule has 2 N–H and O–H groups in total. The summed E-state index contributed by atoms with van der Waals surface area (Å²) in [5.74, 6) is 0.935. The lowest BCUT2D eigenvalue weighted by Gasteiger charge is -2.19. The summed E-state index contributed by atoms with van der Waals surface area (Å²) in [6.07, 6.45) is 0. The topological polar surface area (TPSA) is 35.2 Å². The quantitative estimate of drug-likeness (QED) is 0.496. The Morgan fingerprint density at radius 1 is 1.31 bits per heavy atom. The van der Waals surface area contributed by atoms with E-state index in [1.165, 1.54) is 0 Å². The highest BCUT2D eigenvalue weighted by atomic mass is 32.2. The number of hydrogen-bond acceptors (Lipinski definition) is 3. The number of nitrogens with two attached hydrogens (primary N) is 1. The third-order valence-electron chi connectivity index (χ3n) is 2.16. The number of ether oxygens (including phenoxy) is 1. The predicted molar refractivity (Wildman–Crippen MR) is 72.0 cm³/mol. The second-order valence-electron chi connectivity index (χ2n) is 4.80. The largest absolute Gasteiger partial charge is 0.398 e. The standard InChI is InChI=1S/C13H21NOS/c1-10-6-5-7-11(12(10)14)16-9-8-15-13(2,3)4/h5-7H,8-9,14H2,1-4H3. The monoisotopic (exact) mass is 239 g/mol. The van der Waals surface area contributed by atoms with Gasteiger partial charge >= 0.3 is 0 Å². The molecule has 1 rings (SSSR count). The van der Waals surface area contributed by atoms with E-state index in [2.05, 4.69) is 26.8 Å². The zero-order valence-electron chi connectivity index (χ0n) is 10.5. The first-order valence-electron chi connectivity index (χ1n) is 5.52. The van der Waals surface area contributed by atoms with E-state index in [1.807, 2.05) is 19.1 Å². The fourth-order valence-corrected chi connectivity index (χ4v) is 2.16. The predicted octanol–water partition coefficient (Wildman–Crippen LogP) is 3.48. The maximum atomic E-state index is 5.99. The Kier molecular flexibility index (Phi) is 4.69. The van der Waals surface area contributed by atoms with Gasteiger partial charge in [-0.2, -0.15) is 0 Å². The van der Waals surface area contributed by atoms with E-state index in [-0.39, 0.29) is 5.60 Å². The van der Waals surface area contributed by atoms with Crippen LogP contribution in [0.25, 0.3) is 0 Å². The molecule has 90 valence electrons. The van der Waals surface area contributed by atoms with Crippen LogP contribution in [-0.4, -0.2) is 18.0 Å². The Labute approximate surface area is 103 Å². The first kappa shape index (κ1) is 13.4. The van der Waals surface area contributed by atoms with Crippen molar-refractivity contribution in [2.45, 2.75) is 38.2 Å². The average Bonchev–Trinajstić information content (AvgIpc) is 2.17. The van der Waals surface area contributed by atoms with Gasteiger partial charge in [-0.05, 0) is 39.3 Å². The van der Waals surface area contributed by atoms with Crippen molar-refractivity contribution < 1.29 is 4.74 Å². The zero-order valence-corrected chi connectivity index (χ0v) is 11.4. The van der Waals surface area contributed by atoms with E-state index in [4.69, 9.17) is 10.5 Å². The summed E-state index contributed by atoms with van der Waals surface area (Å²) in [5, 5.41) is 0. The lowest BCUT2D eigenvalue weighted by atomic mass is 10.2. The highest BCUT2D eigenvalue weighted by Crippen LogP contribution is 2.27. The van der Waals surface area contributed by atoms with Crippen LogP contribution in [-0.2, 0) is 4.74 Å². The van der Waals surface area contributed by atoms with Crippen molar-refractivity contribution in [3.8, 4) is 0 Å². The fraction of sp³-hybridized carbons (Fsp3) is 0.538. The van der Waals surface area contributed by atoms with Gasteiger partial charge in [-0.25, -0.2) is 0 Å². The molecule has 0 heterocycles. The number of benzene rings is 1. The molecule has 0 saturated carbocycles. The van der Waals surface area contributed by atoms with Gasteiger partial charge in [-0.3, -0.25) is 0 Å². The van der Waals surface area contributed by atoms with Crippen LogP contribution < -0.4 is 5.73 Å². The smallest absolute Gasteiger partial charge is 0.0598 e. The lowest BCUT2D eigenvalue weighted by Crippen LogP contribution is -2.20. The highest BCUT2D eigenvalue weighted by Gasteiger charge is 2.09. The molecule has 1 aromatic rings. The number of rotatable bonds is 4. The van der Waals surface area contributed by atoms with Crippen molar-refractivity contribution >= 4 is 17.4 Å². The van der Waals surface area contributed by atoms with E-state index in [1.54, 1.807) is 11.8 Å². The summed E-state index contributed by atoms with van der Waals surface area (Å²) in [7, 11) is 0. The maximum Gasteiger partial charge on any atom is 0.0598 e. The summed E-state index contributed by atoms with van der Waals surface area (Å²) in [6.45, 7) is 8.99. The number of hydrogen-bond donors (Lipinski definition) is 1.